The molecule has 6 nitrogen and oxygen atoms in total. The normalized spacial score (nSPS) is 13.2. The van der Waals surface area contributed by atoms with Crippen molar-refractivity contribution >= 4 is 45.9 Å². The van der Waals surface area contributed by atoms with E-state index in [0.717, 1.165) is 23.7 Å². The molecule has 0 spiro atoms. The molecular weight excluding hydrogens is 434 g/mol. The van der Waals surface area contributed by atoms with Crippen molar-refractivity contribution < 1.29 is 14.4 Å². The van der Waals surface area contributed by atoms with E-state index in [4.69, 9.17) is 0 Å². The van der Waals surface area contributed by atoms with Gasteiger partial charge in [0.2, 0.25) is 5.91 Å². The number of para-hydroxylation sites is 1. The van der Waals surface area contributed by atoms with Crippen molar-refractivity contribution in [1.29, 1.82) is 0 Å². The highest BCUT2D eigenvalue weighted by atomic mass is 32.2. The molecule has 2 amide bonds. The average Bonchev–Trinajstić information content (AvgIpc) is 3.60. The van der Waals surface area contributed by atoms with Gasteiger partial charge in [-0.05, 0) is 55.2 Å². The van der Waals surface area contributed by atoms with Crippen molar-refractivity contribution in [2.45, 2.75) is 44.2 Å². The number of amides is 2. The fraction of sp³-hybridized carbons (Fsp3) is 0.308. The van der Waals surface area contributed by atoms with E-state index in [2.05, 4.69) is 15.6 Å². The first-order valence-electron chi connectivity index (χ1n) is 11.2. The smallest absolute Gasteiger partial charge is 0.252 e. The summed E-state index contributed by atoms with van der Waals surface area (Å²) < 4.78 is 0. The minimum atomic E-state index is -0.0978. The molecule has 0 bridgehead atoms. The van der Waals surface area contributed by atoms with Crippen LogP contribution in [-0.2, 0) is 4.79 Å². The van der Waals surface area contributed by atoms with Crippen LogP contribution in [0.3, 0.4) is 0 Å². The van der Waals surface area contributed by atoms with E-state index in [0.29, 0.717) is 28.3 Å². The van der Waals surface area contributed by atoms with Crippen LogP contribution in [0.5, 0.6) is 0 Å². The number of aromatic nitrogens is 1. The highest BCUT2D eigenvalue weighted by Crippen LogP contribution is 2.26. The molecule has 1 aromatic heterocycles. The lowest BCUT2D eigenvalue weighted by molar-refractivity contribution is -0.116. The van der Waals surface area contributed by atoms with Gasteiger partial charge in [-0.3, -0.25) is 14.4 Å². The molecule has 0 unspecified atom stereocenters. The molecule has 1 aliphatic rings. The number of carbonyl (C=O) groups is 3. The number of nitrogens with zero attached hydrogens (tertiary/aromatic N) is 1. The summed E-state index contributed by atoms with van der Waals surface area (Å²) in [6.07, 6.45) is 2.49. The minimum Gasteiger partial charge on any atom is -0.349 e. The molecule has 170 valence electrons. The second kappa shape index (κ2) is 10.2. The van der Waals surface area contributed by atoms with Crippen LogP contribution in [0.25, 0.3) is 10.9 Å². The fourth-order valence-electron chi connectivity index (χ4n) is 3.45. The van der Waals surface area contributed by atoms with E-state index in [1.807, 2.05) is 38.1 Å². The monoisotopic (exact) mass is 461 g/mol. The summed E-state index contributed by atoms with van der Waals surface area (Å²) in [5.74, 6) is 0.308. The summed E-state index contributed by atoms with van der Waals surface area (Å²) in [6, 6.07) is 16.5. The Balaban J connectivity index is 1.43. The average molecular weight is 462 g/mol. The number of rotatable bonds is 9. The van der Waals surface area contributed by atoms with Crippen LogP contribution in [0.4, 0.5) is 5.69 Å². The summed E-state index contributed by atoms with van der Waals surface area (Å²) in [5, 5.41) is 7.33. The second-order valence-corrected chi connectivity index (χ2v) is 9.70. The number of pyridine rings is 1. The summed E-state index contributed by atoms with van der Waals surface area (Å²) >= 11 is 1.32. The largest absolute Gasteiger partial charge is 0.349 e. The molecule has 33 heavy (non-hydrogen) atoms. The molecule has 2 aromatic carbocycles. The van der Waals surface area contributed by atoms with Crippen LogP contribution in [-0.4, -0.2) is 34.4 Å². The minimum absolute atomic E-state index is 0.0384. The first kappa shape index (κ1) is 23.0. The predicted octanol–water partition coefficient (Wildman–Crippen LogP) is 5.09. The number of fused-ring (bicyclic) bond motifs is 1. The van der Waals surface area contributed by atoms with Crippen LogP contribution in [0.1, 0.15) is 53.8 Å². The molecular formula is C26H27N3O3S. The number of Topliss-reactive ketones (excluding diaryl/α,β-unsaturated/α-hetero) is 1. The Labute approximate surface area is 197 Å². The zero-order chi connectivity index (χ0) is 23.4. The van der Waals surface area contributed by atoms with E-state index in [-0.39, 0.29) is 35.3 Å². The Morgan fingerprint density at radius 1 is 1.06 bits per heavy atom. The number of ketones is 1. The van der Waals surface area contributed by atoms with E-state index in [1.54, 1.807) is 30.3 Å². The number of anilines is 1. The molecule has 0 atom stereocenters. The second-order valence-electron chi connectivity index (χ2n) is 8.71. The fourth-order valence-corrected chi connectivity index (χ4v) is 4.26. The predicted molar refractivity (Wildman–Crippen MR) is 132 cm³/mol. The number of thioether (sulfide) groups is 1. The molecule has 0 radical (unpaired) electrons. The Morgan fingerprint density at radius 3 is 2.48 bits per heavy atom. The Kier molecular flexibility index (Phi) is 7.08. The van der Waals surface area contributed by atoms with Gasteiger partial charge >= 0.3 is 0 Å². The third-order valence-electron chi connectivity index (χ3n) is 5.29. The van der Waals surface area contributed by atoms with Gasteiger partial charge in [0, 0.05) is 29.1 Å². The van der Waals surface area contributed by atoms with E-state index >= 15 is 0 Å². The van der Waals surface area contributed by atoms with Gasteiger partial charge in [-0.1, -0.05) is 43.8 Å². The summed E-state index contributed by atoms with van der Waals surface area (Å²) in [4.78, 5) is 42.0. The van der Waals surface area contributed by atoms with Crippen molar-refractivity contribution in [3.63, 3.8) is 0 Å². The van der Waals surface area contributed by atoms with Crippen LogP contribution in [0.2, 0.25) is 0 Å². The Hall–Kier alpha value is -3.19. The maximum atomic E-state index is 12.7. The highest BCUT2D eigenvalue weighted by molar-refractivity contribution is 7.99. The molecule has 2 N–H and O–H groups in total. The SMILES string of the molecule is CC(C)CC(=O)Nc1ccc(C(=O)CSc2cc(C(=O)NC3CC3)c3ccccc3n2)cc1. The zero-order valence-electron chi connectivity index (χ0n) is 18.8. The number of nitrogens with one attached hydrogen (secondary N) is 2. The number of benzene rings is 2. The van der Waals surface area contributed by atoms with Crippen molar-refractivity contribution in [2.24, 2.45) is 5.92 Å². The van der Waals surface area contributed by atoms with Crippen molar-refractivity contribution in [2.75, 3.05) is 11.1 Å². The molecule has 4 rings (SSSR count). The maximum Gasteiger partial charge on any atom is 0.252 e. The van der Waals surface area contributed by atoms with Gasteiger partial charge in [-0.2, -0.15) is 0 Å². The molecule has 1 saturated carbocycles. The van der Waals surface area contributed by atoms with Gasteiger partial charge in [0.25, 0.3) is 5.91 Å². The molecule has 1 aliphatic carbocycles. The van der Waals surface area contributed by atoms with Crippen molar-refractivity contribution in [1.82, 2.24) is 10.3 Å². The van der Waals surface area contributed by atoms with Crippen LogP contribution >= 0.6 is 11.8 Å². The molecule has 1 heterocycles. The molecule has 0 saturated heterocycles. The van der Waals surface area contributed by atoms with E-state index in [1.165, 1.54) is 11.8 Å². The topological polar surface area (TPSA) is 88.2 Å². The van der Waals surface area contributed by atoms with Gasteiger partial charge in [0.05, 0.1) is 21.9 Å². The van der Waals surface area contributed by atoms with Gasteiger partial charge < -0.3 is 10.6 Å². The Bertz CT molecular complexity index is 1190. The quantitative estimate of drug-likeness (QED) is 0.342. The molecule has 1 fully saturated rings. The van der Waals surface area contributed by atoms with Gasteiger partial charge in [-0.25, -0.2) is 4.98 Å². The Morgan fingerprint density at radius 2 is 1.79 bits per heavy atom. The first-order valence-corrected chi connectivity index (χ1v) is 12.1. The van der Waals surface area contributed by atoms with Crippen LogP contribution in [0, 0.1) is 5.92 Å². The maximum absolute atomic E-state index is 12.7. The summed E-state index contributed by atoms with van der Waals surface area (Å²) in [7, 11) is 0. The van der Waals surface area contributed by atoms with Crippen LogP contribution in [0.15, 0.2) is 59.6 Å². The lowest BCUT2D eigenvalue weighted by Gasteiger charge is -2.10. The first-order chi connectivity index (χ1) is 15.9. The summed E-state index contributed by atoms with van der Waals surface area (Å²) in [6.45, 7) is 3.98. The molecule has 3 aromatic rings. The lowest BCUT2D eigenvalue weighted by atomic mass is 10.1. The molecule has 0 aliphatic heterocycles. The highest BCUT2D eigenvalue weighted by Gasteiger charge is 2.25. The van der Waals surface area contributed by atoms with Gasteiger partial charge in [0.1, 0.15) is 0 Å². The number of hydrogen-bond donors (Lipinski definition) is 2. The number of carbonyl (C=O) groups excluding carboxylic acids is 3. The lowest BCUT2D eigenvalue weighted by Crippen LogP contribution is -2.25. The molecule has 7 heteroatoms. The van der Waals surface area contributed by atoms with Crippen molar-refractivity contribution in [3.05, 3.63) is 65.7 Å². The standard InChI is InChI=1S/C26H27N3O3S/c1-16(2)13-24(31)27-18-9-7-17(8-10-18)23(30)15-33-25-14-21(26(32)28-19-11-12-19)20-5-3-4-6-22(20)29-25/h3-10,14,16,19H,11-13,15H2,1-2H3,(H,27,31)(H,28,32). The zero-order valence-corrected chi connectivity index (χ0v) is 19.6. The summed E-state index contributed by atoms with van der Waals surface area (Å²) in [5.41, 5.74) is 2.56. The van der Waals surface area contributed by atoms with Gasteiger partial charge in [-0.15, -0.1) is 0 Å². The van der Waals surface area contributed by atoms with E-state index in [9.17, 15) is 14.4 Å². The third kappa shape index (κ3) is 6.20. The van der Waals surface area contributed by atoms with Crippen molar-refractivity contribution in [3.8, 4) is 0 Å². The number of hydrogen-bond acceptors (Lipinski definition) is 5. The van der Waals surface area contributed by atoms with Crippen LogP contribution < -0.4 is 10.6 Å². The third-order valence-corrected chi connectivity index (χ3v) is 6.20. The van der Waals surface area contributed by atoms with E-state index < -0.39 is 0 Å². The van der Waals surface area contributed by atoms with Gasteiger partial charge in [0.15, 0.2) is 5.78 Å².